The van der Waals surface area contributed by atoms with Gasteiger partial charge in [-0.05, 0) is 62.0 Å². The number of amides is 1. The molecule has 23 heavy (non-hydrogen) atoms. The lowest BCUT2D eigenvalue weighted by atomic mass is 9.92. The Morgan fingerprint density at radius 1 is 1.22 bits per heavy atom. The van der Waals surface area contributed by atoms with Crippen molar-refractivity contribution in [2.75, 3.05) is 18.4 Å². The summed E-state index contributed by atoms with van der Waals surface area (Å²) >= 11 is 0. The van der Waals surface area contributed by atoms with E-state index in [-0.39, 0.29) is 29.6 Å². The smallest absolute Gasteiger partial charge is 0.228 e. The van der Waals surface area contributed by atoms with E-state index in [0.29, 0.717) is 0 Å². The van der Waals surface area contributed by atoms with Crippen molar-refractivity contribution in [1.29, 1.82) is 0 Å². The van der Waals surface area contributed by atoms with Crippen molar-refractivity contribution in [3.63, 3.8) is 0 Å². The van der Waals surface area contributed by atoms with E-state index in [9.17, 15) is 4.79 Å². The van der Waals surface area contributed by atoms with Crippen LogP contribution in [0.5, 0.6) is 0 Å². The Labute approximate surface area is 140 Å². The minimum atomic E-state index is 0. The summed E-state index contributed by atoms with van der Waals surface area (Å²) in [5, 5.41) is 13.1. The van der Waals surface area contributed by atoms with E-state index in [4.69, 9.17) is 0 Å². The van der Waals surface area contributed by atoms with E-state index >= 15 is 0 Å². The molecule has 122 valence electrons. The van der Waals surface area contributed by atoms with Crippen molar-refractivity contribution in [1.82, 2.24) is 20.5 Å². The Morgan fingerprint density at radius 2 is 1.96 bits per heavy atom. The summed E-state index contributed by atoms with van der Waals surface area (Å²) < 4.78 is 0. The quantitative estimate of drug-likeness (QED) is 0.804. The molecule has 1 atom stereocenters. The molecule has 3 N–H and O–H groups in total. The van der Waals surface area contributed by atoms with Crippen molar-refractivity contribution in [2.45, 2.75) is 19.3 Å². The molecule has 6 nitrogen and oxygen atoms in total. The first-order valence-electron chi connectivity index (χ1n) is 7.74. The third-order valence-electron chi connectivity index (χ3n) is 4.95. The van der Waals surface area contributed by atoms with Crippen LogP contribution in [0, 0.1) is 11.3 Å². The van der Waals surface area contributed by atoms with Crippen LogP contribution in [-0.2, 0) is 4.79 Å². The van der Waals surface area contributed by atoms with Crippen LogP contribution in [-0.4, -0.2) is 34.2 Å². The first-order chi connectivity index (χ1) is 10.8. The molecule has 2 heterocycles. The van der Waals surface area contributed by atoms with E-state index in [2.05, 4.69) is 25.8 Å². The Kier molecular flexibility index (Phi) is 4.37. The number of hydrogen-bond donors (Lipinski definition) is 3. The van der Waals surface area contributed by atoms with Crippen LogP contribution in [0.3, 0.4) is 0 Å². The molecule has 1 unspecified atom stereocenters. The van der Waals surface area contributed by atoms with Gasteiger partial charge in [-0.25, -0.2) is 4.98 Å². The second-order valence-electron chi connectivity index (χ2n) is 6.27. The van der Waals surface area contributed by atoms with Crippen LogP contribution in [0.1, 0.15) is 19.3 Å². The normalized spacial score (nSPS) is 21.5. The lowest BCUT2D eigenvalue weighted by Crippen LogP contribution is -2.31. The van der Waals surface area contributed by atoms with E-state index in [1.54, 1.807) is 0 Å². The van der Waals surface area contributed by atoms with Crippen molar-refractivity contribution < 1.29 is 4.79 Å². The number of hydrogen-bond acceptors (Lipinski definition) is 4. The van der Waals surface area contributed by atoms with Gasteiger partial charge in [-0.15, -0.1) is 12.4 Å². The van der Waals surface area contributed by atoms with Gasteiger partial charge in [-0.2, -0.15) is 5.10 Å². The number of aromatic amines is 1. The molecule has 2 aromatic rings. The molecule has 2 aliphatic rings. The van der Waals surface area contributed by atoms with E-state index < -0.39 is 0 Å². The molecule has 4 rings (SSSR count). The molecular formula is C16H20ClN5O. The summed E-state index contributed by atoms with van der Waals surface area (Å²) in [5.41, 5.74) is 2.07. The van der Waals surface area contributed by atoms with Crippen LogP contribution in [0.4, 0.5) is 5.69 Å². The largest absolute Gasteiger partial charge is 0.326 e. The fourth-order valence-corrected chi connectivity index (χ4v) is 3.48. The number of anilines is 1. The molecule has 1 saturated heterocycles. The number of halogens is 1. The minimum Gasteiger partial charge on any atom is -0.326 e. The number of carbonyl (C=O) groups excluding carboxylic acids is 1. The number of benzene rings is 1. The average molecular weight is 334 g/mol. The lowest BCUT2D eigenvalue weighted by Gasteiger charge is -2.23. The molecule has 1 spiro atoms. The first-order valence-corrected chi connectivity index (χ1v) is 7.74. The zero-order valence-corrected chi connectivity index (χ0v) is 13.5. The highest BCUT2D eigenvalue weighted by Crippen LogP contribution is 2.58. The summed E-state index contributed by atoms with van der Waals surface area (Å²) in [6.07, 6.45) is 4.76. The fourth-order valence-electron chi connectivity index (χ4n) is 3.48. The highest BCUT2D eigenvalue weighted by atomic mass is 35.5. The Bertz CT molecular complexity index is 664. The highest BCUT2D eigenvalue weighted by molar-refractivity contribution is 5.95. The molecule has 0 radical (unpaired) electrons. The molecule has 2 fully saturated rings. The van der Waals surface area contributed by atoms with Gasteiger partial charge in [-0.1, -0.05) is 0 Å². The van der Waals surface area contributed by atoms with Gasteiger partial charge in [0.05, 0.1) is 0 Å². The van der Waals surface area contributed by atoms with Crippen LogP contribution >= 0.6 is 12.4 Å². The SMILES string of the molecule is Cl.O=C(Nc1ccc(-c2ncn[nH]2)cc1)C1CC12CCNCC2. The predicted molar refractivity (Wildman–Crippen MR) is 90.3 cm³/mol. The third-order valence-corrected chi connectivity index (χ3v) is 4.95. The van der Waals surface area contributed by atoms with Gasteiger partial charge in [-0.3, -0.25) is 9.89 Å². The van der Waals surface area contributed by atoms with E-state index in [1.807, 2.05) is 24.3 Å². The molecular weight excluding hydrogens is 314 g/mol. The molecule has 1 amide bonds. The van der Waals surface area contributed by atoms with Gasteiger partial charge < -0.3 is 10.6 Å². The van der Waals surface area contributed by atoms with Crippen molar-refractivity contribution in [3.8, 4) is 11.4 Å². The number of piperidine rings is 1. The number of rotatable bonds is 3. The zero-order valence-electron chi connectivity index (χ0n) is 12.7. The van der Waals surface area contributed by atoms with E-state index in [0.717, 1.165) is 49.4 Å². The number of carbonyl (C=O) groups is 1. The second-order valence-corrected chi connectivity index (χ2v) is 6.27. The predicted octanol–water partition coefficient (Wildman–Crippen LogP) is 2.22. The van der Waals surface area contributed by atoms with Gasteiger partial charge in [0.1, 0.15) is 6.33 Å². The summed E-state index contributed by atoms with van der Waals surface area (Å²) in [4.78, 5) is 16.5. The average Bonchev–Trinajstić information content (AvgIpc) is 3.00. The Morgan fingerprint density at radius 3 is 2.61 bits per heavy atom. The third kappa shape index (κ3) is 3.09. The zero-order chi connectivity index (χ0) is 15.0. The minimum absolute atomic E-state index is 0. The number of H-pyrrole nitrogens is 1. The molecule has 1 aromatic heterocycles. The van der Waals surface area contributed by atoms with Crippen LogP contribution in [0.25, 0.3) is 11.4 Å². The van der Waals surface area contributed by atoms with Gasteiger partial charge >= 0.3 is 0 Å². The van der Waals surface area contributed by atoms with Crippen LogP contribution in [0.15, 0.2) is 30.6 Å². The standard InChI is InChI=1S/C16H19N5O.ClH/c22-15(13-9-16(13)5-7-17-8-6-16)20-12-3-1-11(2-4-12)14-18-10-19-21-14;/h1-4,10,13,17H,5-9H2,(H,20,22)(H,18,19,21);1H. The van der Waals surface area contributed by atoms with Crippen LogP contribution in [0.2, 0.25) is 0 Å². The molecule has 1 saturated carbocycles. The van der Waals surface area contributed by atoms with Crippen molar-refractivity contribution in [2.24, 2.45) is 11.3 Å². The van der Waals surface area contributed by atoms with E-state index in [1.165, 1.54) is 6.33 Å². The van der Waals surface area contributed by atoms with Crippen molar-refractivity contribution in [3.05, 3.63) is 30.6 Å². The summed E-state index contributed by atoms with van der Waals surface area (Å²) in [6, 6.07) is 7.69. The lowest BCUT2D eigenvalue weighted by molar-refractivity contribution is -0.118. The maximum absolute atomic E-state index is 12.4. The topological polar surface area (TPSA) is 82.7 Å². The number of aromatic nitrogens is 3. The van der Waals surface area contributed by atoms with Crippen molar-refractivity contribution >= 4 is 24.0 Å². The molecule has 7 heteroatoms. The monoisotopic (exact) mass is 333 g/mol. The van der Waals surface area contributed by atoms with Crippen LogP contribution < -0.4 is 10.6 Å². The summed E-state index contributed by atoms with van der Waals surface area (Å²) in [7, 11) is 0. The Hall–Kier alpha value is -1.92. The number of nitrogens with zero attached hydrogens (tertiary/aromatic N) is 2. The molecule has 1 aliphatic heterocycles. The molecule has 1 aromatic carbocycles. The maximum atomic E-state index is 12.4. The Balaban J connectivity index is 0.00000156. The van der Waals surface area contributed by atoms with Gasteiger partial charge in [0.25, 0.3) is 0 Å². The first kappa shape index (κ1) is 16.0. The summed E-state index contributed by atoms with van der Waals surface area (Å²) in [5.74, 6) is 1.08. The van der Waals surface area contributed by atoms with Gasteiger partial charge in [0, 0.05) is 17.2 Å². The number of nitrogens with one attached hydrogen (secondary N) is 3. The maximum Gasteiger partial charge on any atom is 0.228 e. The molecule has 1 aliphatic carbocycles. The highest BCUT2D eigenvalue weighted by Gasteiger charge is 2.57. The summed E-state index contributed by atoms with van der Waals surface area (Å²) in [6.45, 7) is 2.07. The fraction of sp³-hybridized carbons (Fsp3) is 0.438. The second kappa shape index (κ2) is 6.29. The van der Waals surface area contributed by atoms with Gasteiger partial charge in [0.15, 0.2) is 5.82 Å². The molecule has 0 bridgehead atoms. The van der Waals surface area contributed by atoms with Gasteiger partial charge in [0.2, 0.25) is 5.91 Å².